The van der Waals surface area contributed by atoms with Crippen LogP contribution in [0.1, 0.15) is 38.4 Å². The summed E-state index contributed by atoms with van der Waals surface area (Å²) in [4.78, 5) is 26.9. The average Bonchev–Trinajstić information content (AvgIpc) is 2.97. The maximum absolute atomic E-state index is 12.7. The molecule has 3 rings (SSSR count). The molecule has 1 aromatic carbocycles. The van der Waals surface area contributed by atoms with Crippen molar-refractivity contribution in [3.05, 3.63) is 24.3 Å². The van der Waals surface area contributed by atoms with Crippen molar-refractivity contribution in [1.29, 1.82) is 0 Å². The molecule has 6 heteroatoms. The molecule has 1 saturated heterocycles. The number of aromatic nitrogens is 3. The number of nitrogens with zero attached hydrogens (tertiary/aromatic N) is 4. The van der Waals surface area contributed by atoms with E-state index < -0.39 is 0 Å². The summed E-state index contributed by atoms with van der Waals surface area (Å²) in [6.45, 7) is 7.02. The number of para-hydroxylation sites is 1. The molecular weight excluding hydrogens is 292 g/mol. The zero-order valence-corrected chi connectivity index (χ0v) is 13.8. The van der Waals surface area contributed by atoms with Gasteiger partial charge in [0.05, 0.1) is 5.52 Å². The molecule has 2 heterocycles. The van der Waals surface area contributed by atoms with Crippen LogP contribution in [-0.2, 0) is 4.79 Å². The highest BCUT2D eigenvalue weighted by atomic mass is 16.2. The molecule has 0 atom stereocenters. The first-order valence-electron chi connectivity index (χ1n) is 8.02. The van der Waals surface area contributed by atoms with E-state index in [4.69, 9.17) is 0 Å². The van der Waals surface area contributed by atoms with Gasteiger partial charge in [-0.25, -0.2) is 0 Å². The molecule has 0 saturated carbocycles. The smallest absolute Gasteiger partial charge is 0.252 e. The second-order valence-corrected chi connectivity index (χ2v) is 7.14. The quantitative estimate of drug-likeness (QED) is 0.810. The summed E-state index contributed by atoms with van der Waals surface area (Å²) < 4.78 is 1.40. The van der Waals surface area contributed by atoms with Gasteiger partial charge in [0.25, 0.3) is 5.91 Å². The Morgan fingerprint density at radius 2 is 1.78 bits per heavy atom. The Hall–Kier alpha value is -2.24. The molecule has 1 fully saturated rings. The van der Waals surface area contributed by atoms with Gasteiger partial charge in [-0.2, -0.15) is 4.68 Å². The fourth-order valence-electron chi connectivity index (χ4n) is 3.01. The Morgan fingerprint density at radius 3 is 2.43 bits per heavy atom. The Kier molecular flexibility index (Phi) is 3.92. The van der Waals surface area contributed by atoms with E-state index in [9.17, 15) is 9.59 Å². The fourth-order valence-corrected chi connectivity index (χ4v) is 3.01. The van der Waals surface area contributed by atoms with E-state index in [2.05, 4.69) is 10.3 Å². The van der Waals surface area contributed by atoms with Crippen molar-refractivity contribution in [3.8, 4) is 0 Å². The number of hydrogen-bond donors (Lipinski definition) is 0. The molecule has 0 radical (unpaired) electrons. The second kappa shape index (κ2) is 5.76. The lowest BCUT2D eigenvalue weighted by molar-refractivity contribution is -0.140. The van der Waals surface area contributed by atoms with Crippen LogP contribution in [-0.4, -0.2) is 44.8 Å². The lowest BCUT2D eigenvalue weighted by Crippen LogP contribution is -2.45. The van der Waals surface area contributed by atoms with Crippen molar-refractivity contribution < 1.29 is 9.59 Å². The van der Waals surface area contributed by atoms with Crippen molar-refractivity contribution in [2.24, 2.45) is 11.3 Å². The number of carbonyl (C=O) groups is 2. The summed E-state index contributed by atoms with van der Waals surface area (Å²) in [5.74, 6) is 0.0142. The summed E-state index contributed by atoms with van der Waals surface area (Å²) in [5.41, 5.74) is 1.09. The van der Waals surface area contributed by atoms with Crippen LogP contribution in [0.25, 0.3) is 11.0 Å². The molecule has 6 nitrogen and oxygen atoms in total. The first-order chi connectivity index (χ1) is 10.9. The predicted octanol–water partition coefficient (Wildman–Crippen LogP) is 2.36. The highest BCUT2D eigenvalue weighted by Crippen LogP contribution is 2.25. The van der Waals surface area contributed by atoms with Gasteiger partial charge in [0.1, 0.15) is 5.52 Å². The minimum Gasteiger partial charge on any atom is -0.342 e. The zero-order valence-electron chi connectivity index (χ0n) is 13.8. The molecule has 0 N–H and O–H groups in total. The fraction of sp³-hybridized carbons (Fsp3) is 0.529. The van der Waals surface area contributed by atoms with Gasteiger partial charge in [-0.1, -0.05) is 38.1 Å². The van der Waals surface area contributed by atoms with Crippen LogP contribution in [0.5, 0.6) is 0 Å². The molecule has 23 heavy (non-hydrogen) atoms. The number of rotatable bonds is 1. The third-order valence-corrected chi connectivity index (χ3v) is 4.33. The maximum atomic E-state index is 12.7. The van der Waals surface area contributed by atoms with Crippen LogP contribution in [0.15, 0.2) is 24.3 Å². The SMILES string of the molecule is CC(C)(C)C(=O)N1CCC(C(=O)n2nnc3ccccc32)CC1. The monoisotopic (exact) mass is 314 g/mol. The van der Waals surface area contributed by atoms with Gasteiger partial charge >= 0.3 is 0 Å². The summed E-state index contributed by atoms with van der Waals surface area (Å²) >= 11 is 0. The van der Waals surface area contributed by atoms with Crippen LogP contribution >= 0.6 is 0 Å². The van der Waals surface area contributed by atoms with E-state index >= 15 is 0 Å². The van der Waals surface area contributed by atoms with Crippen molar-refractivity contribution >= 4 is 22.8 Å². The van der Waals surface area contributed by atoms with Gasteiger partial charge in [0.2, 0.25) is 5.91 Å². The number of fused-ring (bicyclic) bond motifs is 1. The molecule has 1 aliphatic rings. The Bertz CT molecular complexity index is 736. The van der Waals surface area contributed by atoms with Gasteiger partial charge in [0.15, 0.2) is 0 Å². The van der Waals surface area contributed by atoms with Crippen LogP contribution in [0, 0.1) is 11.3 Å². The summed E-state index contributed by atoms with van der Waals surface area (Å²) in [7, 11) is 0. The molecule has 0 aliphatic carbocycles. The molecule has 122 valence electrons. The van der Waals surface area contributed by atoms with Gasteiger partial charge in [-0.3, -0.25) is 9.59 Å². The first kappa shape index (κ1) is 15.6. The highest BCUT2D eigenvalue weighted by molar-refractivity contribution is 5.90. The van der Waals surface area contributed by atoms with Crippen molar-refractivity contribution in [1.82, 2.24) is 19.9 Å². The maximum Gasteiger partial charge on any atom is 0.252 e. The number of piperidine rings is 1. The van der Waals surface area contributed by atoms with Gasteiger partial charge in [-0.15, -0.1) is 5.10 Å². The summed E-state index contributed by atoms with van der Waals surface area (Å²) in [6, 6.07) is 7.45. The van der Waals surface area contributed by atoms with Crippen LogP contribution in [0.3, 0.4) is 0 Å². The molecule has 1 amide bonds. The molecule has 1 aromatic heterocycles. The first-order valence-corrected chi connectivity index (χ1v) is 8.02. The highest BCUT2D eigenvalue weighted by Gasteiger charge is 2.33. The van der Waals surface area contributed by atoms with Crippen molar-refractivity contribution in [2.45, 2.75) is 33.6 Å². The second-order valence-electron chi connectivity index (χ2n) is 7.14. The number of likely N-dealkylation sites (tertiary alicyclic amines) is 1. The zero-order chi connectivity index (χ0) is 16.6. The Balaban J connectivity index is 1.70. The molecule has 2 aromatic rings. The summed E-state index contributed by atoms with van der Waals surface area (Å²) in [5, 5.41) is 8.04. The van der Waals surface area contributed by atoms with E-state index in [1.54, 1.807) is 0 Å². The average molecular weight is 314 g/mol. The molecule has 0 bridgehead atoms. The number of benzene rings is 1. The van der Waals surface area contributed by atoms with E-state index in [-0.39, 0.29) is 23.1 Å². The summed E-state index contributed by atoms with van der Waals surface area (Å²) in [6.07, 6.45) is 1.35. The lowest BCUT2D eigenvalue weighted by Gasteiger charge is -2.35. The lowest BCUT2D eigenvalue weighted by atomic mass is 9.90. The predicted molar refractivity (Wildman–Crippen MR) is 86.9 cm³/mol. The number of amides is 1. The van der Waals surface area contributed by atoms with Crippen LogP contribution in [0.4, 0.5) is 0 Å². The molecule has 1 aliphatic heterocycles. The van der Waals surface area contributed by atoms with Crippen LogP contribution in [0.2, 0.25) is 0 Å². The third-order valence-electron chi connectivity index (χ3n) is 4.33. The molecular formula is C17H22N4O2. The van der Waals surface area contributed by atoms with Gasteiger partial charge in [-0.05, 0) is 25.0 Å². The minimum atomic E-state index is -0.376. The normalized spacial score (nSPS) is 16.7. The van der Waals surface area contributed by atoms with Crippen LogP contribution < -0.4 is 0 Å². The topological polar surface area (TPSA) is 68.1 Å². The molecule has 0 unspecified atom stereocenters. The van der Waals surface area contributed by atoms with E-state index in [1.165, 1.54) is 4.68 Å². The number of hydrogen-bond acceptors (Lipinski definition) is 4. The van der Waals surface area contributed by atoms with E-state index in [1.807, 2.05) is 49.9 Å². The van der Waals surface area contributed by atoms with E-state index in [0.717, 1.165) is 11.0 Å². The Morgan fingerprint density at radius 1 is 1.13 bits per heavy atom. The van der Waals surface area contributed by atoms with Crippen molar-refractivity contribution in [2.75, 3.05) is 13.1 Å². The standard InChI is InChI=1S/C17H22N4O2/c1-17(2,3)16(23)20-10-8-12(9-11-20)15(22)21-14-7-5-4-6-13(14)18-19-21/h4-7,12H,8-11H2,1-3H3. The largest absolute Gasteiger partial charge is 0.342 e. The van der Waals surface area contributed by atoms with E-state index in [0.29, 0.717) is 25.9 Å². The van der Waals surface area contributed by atoms with Crippen molar-refractivity contribution in [3.63, 3.8) is 0 Å². The third kappa shape index (κ3) is 2.98. The minimum absolute atomic E-state index is 0.0263. The number of carbonyl (C=O) groups excluding carboxylic acids is 2. The van der Waals surface area contributed by atoms with Gasteiger partial charge < -0.3 is 4.90 Å². The Labute approximate surface area is 135 Å². The molecule has 0 spiro atoms. The van der Waals surface area contributed by atoms with Gasteiger partial charge in [0, 0.05) is 24.4 Å².